The Hall–Kier alpha value is -1.48. The second-order valence-electron chi connectivity index (χ2n) is 6.40. The number of halogens is 4. The Morgan fingerprint density at radius 2 is 1.50 bits per heavy atom. The molecule has 4 heteroatoms. The van der Waals surface area contributed by atoms with Crippen LogP contribution in [0.25, 0.3) is 0 Å². The maximum Gasteiger partial charge on any atom is 0.417 e. The predicted octanol–water partition coefficient (Wildman–Crippen LogP) is 6.25. The zero-order chi connectivity index (χ0) is 16.5. The molecule has 0 atom stereocenters. The van der Waals surface area contributed by atoms with Gasteiger partial charge in [-0.25, -0.2) is 0 Å². The van der Waals surface area contributed by atoms with Gasteiger partial charge in [-0.2, -0.15) is 13.2 Å². The van der Waals surface area contributed by atoms with Crippen molar-refractivity contribution in [2.24, 2.45) is 0 Å². The zero-order valence-corrected chi connectivity index (χ0v) is 13.5. The number of rotatable bonds is 2. The molecule has 0 aliphatic rings. The third-order valence-electron chi connectivity index (χ3n) is 3.60. The summed E-state index contributed by atoms with van der Waals surface area (Å²) in [6, 6.07) is 11.9. The molecule has 0 aliphatic heterocycles. The Balaban J connectivity index is 2.28. The van der Waals surface area contributed by atoms with Crippen molar-refractivity contribution in [1.29, 1.82) is 0 Å². The van der Waals surface area contributed by atoms with Gasteiger partial charge in [-0.3, -0.25) is 0 Å². The van der Waals surface area contributed by atoms with Crippen LogP contribution in [0.4, 0.5) is 13.2 Å². The average Bonchev–Trinajstić information content (AvgIpc) is 2.39. The lowest BCUT2D eigenvalue weighted by Gasteiger charge is -2.19. The van der Waals surface area contributed by atoms with Crippen molar-refractivity contribution in [3.8, 4) is 0 Å². The van der Waals surface area contributed by atoms with Gasteiger partial charge in [-0.1, -0.05) is 68.8 Å². The van der Waals surface area contributed by atoms with Crippen molar-refractivity contribution in [2.45, 2.75) is 38.8 Å². The SMILES string of the molecule is CC(C)(C)c1ccc(Cc2cccc(C(F)(F)F)c2Cl)cc1. The van der Waals surface area contributed by atoms with Crippen molar-refractivity contribution < 1.29 is 13.2 Å². The fraction of sp³-hybridized carbons (Fsp3) is 0.333. The molecule has 0 amide bonds. The highest BCUT2D eigenvalue weighted by Gasteiger charge is 2.33. The quantitative estimate of drug-likeness (QED) is 0.612. The van der Waals surface area contributed by atoms with Crippen molar-refractivity contribution >= 4 is 11.6 Å². The third-order valence-corrected chi connectivity index (χ3v) is 4.04. The van der Waals surface area contributed by atoms with E-state index in [1.54, 1.807) is 6.07 Å². The molecule has 2 rings (SSSR count). The Morgan fingerprint density at radius 1 is 0.909 bits per heavy atom. The molecule has 0 saturated heterocycles. The van der Waals surface area contributed by atoms with Crippen LogP contribution < -0.4 is 0 Å². The summed E-state index contributed by atoms with van der Waals surface area (Å²) in [7, 11) is 0. The van der Waals surface area contributed by atoms with E-state index in [0.29, 0.717) is 12.0 Å². The summed E-state index contributed by atoms with van der Waals surface area (Å²) < 4.78 is 38.6. The summed E-state index contributed by atoms with van der Waals surface area (Å²) in [5, 5.41) is -0.213. The predicted molar refractivity (Wildman–Crippen MR) is 84.4 cm³/mol. The number of hydrogen-bond acceptors (Lipinski definition) is 0. The van der Waals surface area contributed by atoms with Gasteiger partial charge < -0.3 is 0 Å². The van der Waals surface area contributed by atoms with Gasteiger partial charge in [-0.15, -0.1) is 0 Å². The first-order valence-electron chi connectivity index (χ1n) is 7.03. The van der Waals surface area contributed by atoms with Crippen molar-refractivity contribution in [3.63, 3.8) is 0 Å². The van der Waals surface area contributed by atoms with Crippen LogP contribution in [0.3, 0.4) is 0 Å². The monoisotopic (exact) mass is 326 g/mol. The largest absolute Gasteiger partial charge is 0.417 e. The highest BCUT2D eigenvalue weighted by molar-refractivity contribution is 6.32. The van der Waals surface area contributed by atoms with Crippen LogP contribution in [-0.4, -0.2) is 0 Å². The molecule has 2 aromatic carbocycles. The molecule has 2 aromatic rings. The molecule has 0 spiro atoms. The summed E-state index contributed by atoms with van der Waals surface area (Å²) in [4.78, 5) is 0. The molecule has 0 aliphatic carbocycles. The van der Waals surface area contributed by atoms with E-state index in [1.165, 1.54) is 11.6 Å². The van der Waals surface area contributed by atoms with Gasteiger partial charge in [0.25, 0.3) is 0 Å². The first kappa shape index (κ1) is 16.9. The van der Waals surface area contributed by atoms with E-state index in [9.17, 15) is 13.2 Å². The fourth-order valence-electron chi connectivity index (χ4n) is 2.28. The molecule has 0 heterocycles. The molecular formula is C18H18ClF3. The van der Waals surface area contributed by atoms with Crippen LogP contribution in [0.1, 0.15) is 43.0 Å². The average molecular weight is 327 g/mol. The molecule has 0 unspecified atom stereocenters. The van der Waals surface area contributed by atoms with Crippen LogP contribution >= 0.6 is 11.6 Å². The molecule has 0 bridgehead atoms. The minimum atomic E-state index is -4.43. The summed E-state index contributed by atoms with van der Waals surface area (Å²) in [6.45, 7) is 6.35. The molecule has 0 nitrogen and oxygen atoms in total. The zero-order valence-electron chi connectivity index (χ0n) is 12.8. The van der Waals surface area contributed by atoms with Crippen LogP contribution in [0, 0.1) is 0 Å². The Morgan fingerprint density at radius 3 is 2.00 bits per heavy atom. The first-order chi connectivity index (χ1) is 10.1. The van der Waals surface area contributed by atoms with E-state index < -0.39 is 11.7 Å². The van der Waals surface area contributed by atoms with E-state index in [1.807, 2.05) is 24.3 Å². The molecular weight excluding hydrogens is 309 g/mol. The highest BCUT2D eigenvalue weighted by atomic mass is 35.5. The Labute approximate surface area is 133 Å². The van der Waals surface area contributed by atoms with E-state index >= 15 is 0 Å². The lowest BCUT2D eigenvalue weighted by molar-refractivity contribution is -0.137. The van der Waals surface area contributed by atoms with E-state index in [-0.39, 0.29) is 10.4 Å². The summed E-state index contributed by atoms with van der Waals surface area (Å²) in [6.07, 6.45) is -4.05. The maximum atomic E-state index is 12.9. The summed E-state index contributed by atoms with van der Waals surface area (Å²) in [5.74, 6) is 0. The Bertz CT molecular complexity index is 650. The molecule has 0 saturated carbocycles. The lowest BCUT2D eigenvalue weighted by Crippen LogP contribution is -2.10. The van der Waals surface area contributed by atoms with Gasteiger partial charge in [0.15, 0.2) is 0 Å². The van der Waals surface area contributed by atoms with Crippen molar-refractivity contribution in [1.82, 2.24) is 0 Å². The van der Waals surface area contributed by atoms with E-state index in [0.717, 1.165) is 11.6 Å². The van der Waals surface area contributed by atoms with Gasteiger partial charge in [0, 0.05) is 0 Å². The first-order valence-corrected chi connectivity index (χ1v) is 7.41. The van der Waals surface area contributed by atoms with Crippen molar-refractivity contribution in [3.05, 3.63) is 69.7 Å². The van der Waals surface area contributed by atoms with Crippen molar-refractivity contribution in [2.75, 3.05) is 0 Å². The standard InChI is InChI=1S/C18H18ClF3/c1-17(2,3)14-9-7-12(8-10-14)11-13-5-4-6-15(16(13)19)18(20,21)22/h4-10H,11H2,1-3H3. The number of alkyl halides is 3. The number of benzene rings is 2. The van der Waals surface area contributed by atoms with Crippen LogP contribution in [-0.2, 0) is 18.0 Å². The molecule has 0 fully saturated rings. The fourth-order valence-corrected chi connectivity index (χ4v) is 2.58. The molecule has 0 radical (unpaired) electrons. The van der Waals surface area contributed by atoms with E-state index in [4.69, 9.17) is 11.6 Å². The van der Waals surface area contributed by atoms with Gasteiger partial charge in [-0.05, 0) is 34.6 Å². The van der Waals surface area contributed by atoms with Gasteiger partial charge >= 0.3 is 6.18 Å². The van der Waals surface area contributed by atoms with Crippen LogP contribution in [0.15, 0.2) is 42.5 Å². The topological polar surface area (TPSA) is 0 Å². The molecule has 0 N–H and O–H groups in total. The number of hydrogen-bond donors (Lipinski definition) is 0. The molecule has 0 aromatic heterocycles. The second-order valence-corrected chi connectivity index (χ2v) is 6.78. The van der Waals surface area contributed by atoms with Crippen LogP contribution in [0.5, 0.6) is 0 Å². The molecule has 118 valence electrons. The maximum absolute atomic E-state index is 12.9. The second kappa shape index (κ2) is 5.96. The smallest absolute Gasteiger partial charge is 0.166 e. The van der Waals surface area contributed by atoms with Crippen LogP contribution in [0.2, 0.25) is 5.02 Å². The van der Waals surface area contributed by atoms with Gasteiger partial charge in [0.1, 0.15) is 0 Å². The minimum Gasteiger partial charge on any atom is -0.166 e. The third kappa shape index (κ3) is 3.83. The highest BCUT2D eigenvalue weighted by Crippen LogP contribution is 2.36. The van der Waals surface area contributed by atoms with Gasteiger partial charge in [0.2, 0.25) is 0 Å². The van der Waals surface area contributed by atoms with Gasteiger partial charge in [0.05, 0.1) is 10.6 Å². The summed E-state index contributed by atoms with van der Waals surface area (Å²) >= 11 is 5.93. The summed E-state index contributed by atoms with van der Waals surface area (Å²) in [5.41, 5.74) is 1.88. The normalized spacial score (nSPS) is 12.5. The molecule has 22 heavy (non-hydrogen) atoms. The lowest BCUT2D eigenvalue weighted by atomic mass is 9.86. The van der Waals surface area contributed by atoms with E-state index in [2.05, 4.69) is 20.8 Å². The minimum absolute atomic E-state index is 0.0480. The Kier molecular flexibility index (Phi) is 4.57.